The molecule has 1 aliphatic rings. The molecule has 0 aromatic carbocycles. The van der Waals surface area contributed by atoms with Crippen LogP contribution in [0.1, 0.15) is 0 Å². The Morgan fingerprint density at radius 1 is 1.25 bits per heavy atom. The SMILES string of the molecule is FB(F)F.[K][CH2]N1CCOCC1. The number of ether oxygens (including phenoxy) is 1. The van der Waals surface area contributed by atoms with E-state index in [1.165, 1.54) is 13.7 Å². The fourth-order valence-electron chi connectivity index (χ4n) is 0.917. The van der Waals surface area contributed by atoms with Crippen LogP contribution in [-0.4, -0.2) is 88.3 Å². The third-order valence-corrected chi connectivity index (χ3v) is 2.95. The number of morpholine rings is 1. The Labute approximate surface area is 105 Å². The van der Waals surface area contributed by atoms with Crippen molar-refractivity contribution in [3.63, 3.8) is 0 Å². The summed E-state index contributed by atoms with van der Waals surface area (Å²) in [4.78, 5) is 2.48. The van der Waals surface area contributed by atoms with Crippen molar-refractivity contribution in [1.29, 1.82) is 0 Å². The molecule has 66 valence electrons. The molecule has 1 fully saturated rings. The summed E-state index contributed by atoms with van der Waals surface area (Å²) in [5.74, 6) is 0. The van der Waals surface area contributed by atoms with Crippen LogP contribution in [0.25, 0.3) is 0 Å². The van der Waals surface area contributed by atoms with Gasteiger partial charge in [0.25, 0.3) is 0 Å². The molecule has 7 heteroatoms. The van der Waals surface area contributed by atoms with E-state index < -0.39 is 7.54 Å². The third-order valence-electron chi connectivity index (χ3n) is 1.55. The summed E-state index contributed by atoms with van der Waals surface area (Å²) in [7, 11) is -3.67. The molecule has 0 N–H and O–H groups in total. The average molecular weight is 207 g/mol. The Morgan fingerprint density at radius 3 is 1.92 bits per heavy atom. The zero-order chi connectivity index (χ0) is 9.40. The Bertz CT molecular complexity index is 102. The molecule has 0 aromatic heterocycles. The van der Waals surface area contributed by atoms with Gasteiger partial charge < -0.3 is 0 Å². The predicted octanol–water partition coefficient (Wildman–Crippen LogP) is 0.324. The second kappa shape index (κ2) is 8.99. The summed E-state index contributed by atoms with van der Waals surface area (Å²) in [5, 5.41) is 0. The Morgan fingerprint density at radius 2 is 1.67 bits per heavy atom. The standard InChI is InChI=1S/C5H10NO.BF3.K/c1-6-2-4-7-5-3-6;2-1(3)4;/h1-5H2;;. The minimum atomic E-state index is -3.67. The molecule has 1 rings (SSSR count). The van der Waals surface area contributed by atoms with Crippen molar-refractivity contribution in [2.75, 3.05) is 26.9 Å². The molecule has 0 amide bonds. The van der Waals surface area contributed by atoms with E-state index in [2.05, 4.69) is 4.90 Å². The fourth-order valence-corrected chi connectivity index (χ4v) is 1.91. The van der Waals surface area contributed by atoms with Crippen LogP contribution >= 0.6 is 0 Å². The van der Waals surface area contributed by atoms with Crippen LogP contribution < -0.4 is 0 Å². The molecule has 0 aliphatic carbocycles. The van der Waals surface area contributed by atoms with Gasteiger partial charge in [-0.05, 0) is 0 Å². The molecule has 1 aliphatic heterocycles. The average Bonchev–Trinajstić information content (AvgIpc) is 2.05. The number of rotatable bonds is 1. The summed E-state index contributed by atoms with van der Waals surface area (Å²) in [6.07, 6.45) is 0. The maximum absolute atomic E-state index is 9.67. The summed E-state index contributed by atoms with van der Waals surface area (Å²) >= 11 is 0.990. The van der Waals surface area contributed by atoms with Crippen LogP contribution in [0.4, 0.5) is 12.9 Å². The van der Waals surface area contributed by atoms with E-state index in [4.69, 9.17) is 4.74 Å². The third kappa shape index (κ3) is 9.50. The van der Waals surface area contributed by atoms with Gasteiger partial charge in [-0.25, -0.2) is 0 Å². The van der Waals surface area contributed by atoms with E-state index >= 15 is 0 Å². The summed E-state index contributed by atoms with van der Waals surface area (Å²) < 4.78 is 35.5. The molecule has 0 bridgehead atoms. The zero-order valence-corrected chi connectivity index (χ0v) is 10.2. The minimum absolute atomic E-state index is 0.954. The summed E-state index contributed by atoms with van der Waals surface area (Å²) in [6.45, 7) is 4.25. The number of halogens is 3. The fraction of sp³-hybridized carbons (Fsp3) is 1.00. The van der Waals surface area contributed by atoms with Crippen molar-refractivity contribution in [3.8, 4) is 0 Å². The van der Waals surface area contributed by atoms with Gasteiger partial charge in [-0.15, -0.1) is 0 Å². The molecular weight excluding hydrogens is 197 g/mol. The van der Waals surface area contributed by atoms with E-state index in [-0.39, 0.29) is 0 Å². The van der Waals surface area contributed by atoms with Crippen LogP contribution in [0, 0.1) is 0 Å². The van der Waals surface area contributed by atoms with Crippen molar-refractivity contribution >= 4 is 56.5 Å². The van der Waals surface area contributed by atoms with E-state index in [1.54, 1.807) is 0 Å². The van der Waals surface area contributed by atoms with E-state index in [0.29, 0.717) is 0 Å². The van der Waals surface area contributed by atoms with Crippen LogP contribution in [0.2, 0.25) is 0 Å². The molecule has 1 saturated heterocycles. The van der Waals surface area contributed by atoms with Gasteiger partial charge in [-0.2, -0.15) is 0 Å². The van der Waals surface area contributed by atoms with Gasteiger partial charge in [0.15, 0.2) is 0 Å². The van der Waals surface area contributed by atoms with Crippen molar-refractivity contribution < 1.29 is 17.7 Å². The monoisotopic (exact) mass is 207 g/mol. The molecule has 0 radical (unpaired) electrons. The maximum atomic E-state index is 9.67. The molecule has 0 spiro atoms. The van der Waals surface area contributed by atoms with Gasteiger partial charge in [0.1, 0.15) is 0 Å². The molecule has 2 nitrogen and oxygen atoms in total. The molecule has 12 heavy (non-hydrogen) atoms. The number of nitrogens with zero attached hydrogens (tertiary/aromatic N) is 1. The second-order valence-corrected chi connectivity index (χ2v) is 3.28. The van der Waals surface area contributed by atoms with Gasteiger partial charge >= 0.3 is 93.1 Å². The molecule has 0 unspecified atom stereocenters. The van der Waals surface area contributed by atoms with E-state index in [9.17, 15) is 12.9 Å². The molecule has 0 atom stereocenters. The van der Waals surface area contributed by atoms with Gasteiger partial charge in [-0.3, -0.25) is 12.9 Å². The Kier molecular flexibility index (Phi) is 10.0. The second-order valence-electron chi connectivity index (χ2n) is 2.29. The van der Waals surface area contributed by atoms with Crippen LogP contribution in [0.15, 0.2) is 0 Å². The number of hydrogen-bond donors (Lipinski definition) is 0. The van der Waals surface area contributed by atoms with E-state index in [1.807, 2.05) is 0 Å². The summed E-state index contributed by atoms with van der Waals surface area (Å²) in [6, 6.07) is 0. The van der Waals surface area contributed by atoms with Crippen LogP contribution in [-0.2, 0) is 4.74 Å². The van der Waals surface area contributed by atoms with Gasteiger partial charge in [0.2, 0.25) is 0 Å². The first-order valence-electron chi connectivity index (χ1n) is 3.89. The first-order valence-corrected chi connectivity index (χ1v) is 6.10. The summed E-state index contributed by atoms with van der Waals surface area (Å²) in [5.41, 5.74) is 0. The van der Waals surface area contributed by atoms with Crippen LogP contribution in [0.5, 0.6) is 0 Å². The van der Waals surface area contributed by atoms with Crippen molar-refractivity contribution in [2.45, 2.75) is 0 Å². The Hall–Kier alpha value is 1.41. The van der Waals surface area contributed by atoms with Crippen molar-refractivity contribution in [2.24, 2.45) is 0 Å². The first-order chi connectivity index (χ1) is 5.66. The molecule has 0 aromatic rings. The predicted molar refractivity (Wildman–Crippen MR) is 42.1 cm³/mol. The Balaban J connectivity index is 0.000000261. The normalized spacial score (nSPS) is 18.1. The van der Waals surface area contributed by atoms with Crippen molar-refractivity contribution in [1.82, 2.24) is 4.90 Å². The molecule has 0 saturated carbocycles. The van der Waals surface area contributed by atoms with Gasteiger partial charge in [-0.1, -0.05) is 0 Å². The molecule has 1 heterocycles. The first kappa shape index (κ1) is 13.4. The topological polar surface area (TPSA) is 12.5 Å². The number of hydrogen-bond acceptors (Lipinski definition) is 2. The zero-order valence-electron chi connectivity index (χ0n) is 7.10. The van der Waals surface area contributed by atoms with Gasteiger partial charge in [0, 0.05) is 0 Å². The molecular formula is C5H10BF3KNO. The quantitative estimate of drug-likeness (QED) is 0.574. The van der Waals surface area contributed by atoms with E-state index in [0.717, 1.165) is 62.2 Å². The van der Waals surface area contributed by atoms with Crippen LogP contribution in [0.3, 0.4) is 0 Å². The van der Waals surface area contributed by atoms with Gasteiger partial charge in [0.05, 0.1) is 0 Å². The van der Waals surface area contributed by atoms with Crippen molar-refractivity contribution in [3.05, 3.63) is 0 Å².